The standard InChI is InChI=1S/C10H11ClFNO5S/c1-18-5-9(10(14)15)13-19(16,17)6-2-3-8(12)7(11)4-6/h2-4,9,13H,5H2,1H3,(H,14,15). The van der Waals surface area contributed by atoms with Crippen molar-refractivity contribution in [3.05, 3.63) is 29.0 Å². The van der Waals surface area contributed by atoms with Crippen molar-refractivity contribution < 1.29 is 27.4 Å². The summed E-state index contributed by atoms with van der Waals surface area (Å²) in [5.41, 5.74) is 0. The monoisotopic (exact) mass is 311 g/mol. The van der Waals surface area contributed by atoms with Gasteiger partial charge in [0.1, 0.15) is 11.9 Å². The van der Waals surface area contributed by atoms with Crippen molar-refractivity contribution in [3.63, 3.8) is 0 Å². The summed E-state index contributed by atoms with van der Waals surface area (Å²) in [6, 6.07) is 1.31. The van der Waals surface area contributed by atoms with E-state index in [2.05, 4.69) is 4.74 Å². The normalized spacial score (nSPS) is 13.2. The first-order valence-electron chi connectivity index (χ1n) is 4.97. The van der Waals surface area contributed by atoms with Gasteiger partial charge in [0.15, 0.2) is 0 Å². The second kappa shape index (κ2) is 6.29. The quantitative estimate of drug-likeness (QED) is 0.812. The van der Waals surface area contributed by atoms with E-state index < -0.39 is 27.9 Å². The minimum absolute atomic E-state index is 0.332. The second-order valence-electron chi connectivity index (χ2n) is 3.54. The molecule has 19 heavy (non-hydrogen) atoms. The first-order chi connectivity index (χ1) is 8.77. The Morgan fingerprint density at radius 1 is 1.58 bits per heavy atom. The number of halogens is 2. The third-order valence-corrected chi connectivity index (χ3v) is 3.89. The average Bonchev–Trinajstić information content (AvgIpc) is 2.31. The van der Waals surface area contributed by atoms with Crippen LogP contribution in [0.1, 0.15) is 0 Å². The van der Waals surface area contributed by atoms with Gasteiger partial charge in [0.2, 0.25) is 10.0 Å². The Morgan fingerprint density at radius 3 is 2.68 bits per heavy atom. The van der Waals surface area contributed by atoms with Crippen LogP contribution in [0.4, 0.5) is 4.39 Å². The lowest BCUT2D eigenvalue weighted by atomic mass is 10.3. The van der Waals surface area contributed by atoms with Gasteiger partial charge in [-0.2, -0.15) is 4.72 Å². The molecule has 0 aliphatic carbocycles. The maximum Gasteiger partial charge on any atom is 0.324 e. The van der Waals surface area contributed by atoms with E-state index in [-0.39, 0.29) is 16.5 Å². The fraction of sp³-hybridized carbons (Fsp3) is 0.300. The number of nitrogens with one attached hydrogen (secondary N) is 1. The van der Waals surface area contributed by atoms with Crippen LogP contribution in [0.5, 0.6) is 0 Å². The number of carboxylic acids is 1. The van der Waals surface area contributed by atoms with Crippen LogP contribution in [-0.4, -0.2) is 39.3 Å². The van der Waals surface area contributed by atoms with E-state index in [1.807, 2.05) is 4.72 Å². The molecular formula is C10H11ClFNO5S. The molecule has 1 unspecified atom stereocenters. The number of aliphatic carboxylic acids is 1. The zero-order valence-electron chi connectivity index (χ0n) is 9.76. The smallest absolute Gasteiger partial charge is 0.324 e. The number of ether oxygens (including phenoxy) is 1. The summed E-state index contributed by atoms with van der Waals surface area (Å²) >= 11 is 5.47. The molecule has 0 radical (unpaired) electrons. The number of carbonyl (C=O) groups is 1. The molecule has 1 atom stereocenters. The Bertz CT molecular complexity index is 577. The number of benzene rings is 1. The van der Waals surface area contributed by atoms with E-state index in [0.717, 1.165) is 18.2 Å². The van der Waals surface area contributed by atoms with Crippen molar-refractivity contribution in [2.45, 2.75) is 10.9 Å². The van der Waals surface area contributed by atoms with Crippen molar-refractivity contribution in [2.24, 2.45) is 0 Å². The minimum Gasteiger partial charge on any atom is -0.480 e. The molecule has 9 heteroatoms. The third-order valence-electron chi connectivity index (χ3n) is 2.13. The number of carboxylic acid groups (broad SMARTS) is 1. The largest absolute Gasteiger partial charge is 0.480 e. The predicted molar refractivity (Wildman–Crippen MR) is 65.0 cm³/mol. The zero-order chi connectivity index (χ0) is 14.6. The maximum absolute atomic E-state index is 12.9. The number of methoxy groups -OCH3 is 1. The van der Waals surface area contributed by atoms with Crippen LogP contribution >= 0.6 is 11.6 Å². The summed E-state index contributed by atoms with van der Waals surface area (Å²) in [5.74, 6) is -2.16. The molecule has 2 N–H and O–H groups in total. The molecule has 1 aromatic carbocycles. The van der Waals surface area contributed by atoms with Crippen LogP contribution in [0.2, 0.25) is 5.02 Å². The van der Waals surface area contributed by atoms with Crippen LogP contribution in [0, 0.1) is 5.82 Å². The Hall–Kier alpha value is -1.22. The van der Waals surface area contributed by atoms with Gasteiger partial charge in [-0.3, -0.25) is 4.79 Å². The van der Waals surface area contributed by atoms with E-state index in [9.17, 15) is 17.6 Å². The Kier molecular flexibility index (Phi) is 5.24. The summed E-state index contributed by atoms with van der Waals surface area (Å²) in [6.07, 6.45) is 0. The number of sulfonamides is 1. The van der Waals surface area contributed by atoms with Crippen LogP contribution in [-0.2, 0) is 19.6 Å². The van der Waals surface area contributed by atoms with E-state index in [1.165, 1.54) is 7.11 Å². The van der Waals surface area contributed by atoms with Gasteiger partial charge in [-0.1, -0.05) is 11.6 Å². The summed E-state index contributed by atoms with van der Waals surface area (Å²) < 4.78 is 43.2. The van der Waals surface area contributed by atoms with Gasteiger partial charge in [-0.05, 0) is 18.2 Å². The van der Waals surface area contributed by atoms with Crippen LogP contribution in [0.3, 0.4) is 0 Å². The van der Waals surface area contributed by atoms with Gasteiger partial charge in [-0.15, -0.1) is 0 Å². The highest BCUT2D eigenvalue weighted by Crippen LogP contribution is 2.19. The summed E-state index contributed by atoms with van der Waals surface area (Å²) in [4.78, 5) is 10.5. The SMILES string of the molecule is COCC(NS(=O)(=O)c1ccc(F)c(Cl)c1)C(=O)O. The van der Waals surface area contributed by atoms with Crippen LogP contribution in [0.15, 0.2) is 23.1 Å². The highest BCUT2D eigenvalue weighted by Gasteiger charge is 2.25. The number of hydrogen-bond acceptors (Lipinski definition) is 4. The summed E-state index contributed by atoms with van der Waals surface area (Å²) in [6.45, 7) is -0.344. The van der Waals surface area contributed by atoms with Gasteiger partial charge in [0.05, 0.1) is 16.5 Å². The Morgan fingerprint density at radius 2 is 2.21 bits per heavy atom. The maximum atomic E-state index is 12.9. The zero-order valence-corrected chi connectivity index (χ0v) is 11.3. The van der Waals surface area contributed by atoms with E-state index in [0.29, 0.717) is 0 Å². The van der Waals surface area contributed by atoms with Crippen molar-refractivity contribution in [1.82, 2.24) is 4.72 Å². The van der Waals surface area contributed by atoms with E-state index >= 15 is 0 Å². The molecule has 0 fully saturated rings. The van der Waals surface area contributed by atoms with E-state index in [4.69, 9.17) is 16.7 Å². The highest BCUT2D eigenvalue weighted by atomic mass is 35.5. The minimum atomic E-state index is -4.13. The van der Waals surface area contributed by atoms with Gasteiger partial charge in [-0.25, -0.2) is 12.8 Å². The van der Waals surface area contributed by atoms with Crippen molar-refractivity contribution >= 4 is 27.6 Å². The van der Waals surface area contributed by atoms with Crippen molar-refractivity contribution in [1.29, 1.82) is 0 Å². The number of hydrogen-bond donors (Lipinski definition) is 2. The first-order valence-corrected chi connectivity index (χ1v) is 6.83. The average molecular weight is 312 g/mol. The summed E-state index contributed by atoms with van der Waals surface area (Å²) in [7, 11) is -2.89. The predicted octanol–water partition coefficient (Wildman–Crippen LogP) is 0.857. The molecule has 1 rings (SSSR count). The molecule has 1 aromatic rings. The van der Waals surface area contributed by atoms with E-state index in [1.54, 1.807) is 0 Å². The van der Waals surface area contributed by atoms with Crippen LogP contribution < -0.4 is 4.72 Å². The topological polar surface area (TPSA) is 92.7 Å². The van der Waals surface area contributed by atoms with Gasteiger partial charge >= 0.3 is 5.97 Å². The molecule has 0 heterocycles. The lowest BCUT2D eigenvalue weighted by Crippen LogP contribution is -2.43. The Balaban J connectivity index is 3.03. The van der Waals surface area contributed by atoms with Crippen molar-refractivity contribution in [2.75, 3.05) is 13.7 Å². The molecular weight excluding hydrogens is 301 g/mol. The first kappa shape index (κ1) is 15.8. The lowest BCUT2D eigenvalue weighted by Gasteiger charge is -2.14. The molecule has 0 saturated carbocycles. The molecule has 0 aliphatic heterocycles. The molecule has 0 saturated heterocycles. The molecule has 0 spiro atoms. The molecule has 6 nitrogen and oxygen atoms in total. The highest BCUT2D eigenvalue weighted by molar-refractivity contribution is 7.89. The fourth-order valence-corrected chi connectivity index (χ4v) is 2.67. The Labute approximate surface area is 114 Å². The molecule has 106 valence electrons. The van der Waals surface area contributed by atoms with Gasteiger partial charge in [0, 0.05) is 7.11 Å². The molecule has 0 aliphatic rings. The fourth-order valence-electron chi connectivity index (χ4n) is 1.22. The van der Waals surface area contributed by atoms with Gasteiger partial charge < -0.3 is 9.84 Å². The third kappa shape index (κ3) is 4.13. The van der Waals surface area contributed by atoms with Gasteiger partial charge in [0.25, 0.3) is 0 Å². The molecule has 0 bridgehead atoms. The van der Waals surface area contributed by atoms with Crippen LogP contribution in [0.25, 0.3) is 0 Å². The number of rotatable bonds is 6. The summed E-state index contributed by atoms with van der Waals surface area (Å²) in [5, 5.41) is 8.45. The lowest BCUT2D eigenvalue weighted by molar-refractivity contribution is -0.140. The molecule has 0 aromatic heterocycles. The second-order valence-corrected chi connectivity index (χ2v) is 5.66. The molecule has 0 amide bonds. The van der Waals surface area contributed by atoms with Crippen molar-refractivity contribution in [3.8, 4) is 0 Å².